The summed E-state index contributed by atoms with van der Waals surface area (Å²) in [6, 6.07) is 19.8. The first-order valence-electron chi connectivity index (χ1n) is 12.9. The SMILES string of the molecule is CCCNC(=O)[C@H](C)N(Cc1cccc(C)c1)C(=O)CN(c1ccc(OC)cc1)S(=O)(=O)c1ccc(C)cc1. The summed E-state index contributed by atoms with van der Waals surface area (Å²) >= 11 is 0. The van der Waals surface area contributed by atoms with Crippen LogP contribution in [0.25, 0.3) is 0 Å². The molecule has 0 aliphatic carbocycles. The van der Waals surface area contributed by atoms with Crippen LogP contribution in [0.4, 0.5) is 5.69 Å². The predicted octanol–water partition coefficient (Wildman–Crippen LogP) is 4.45. The van der Waals surface area contributed by atoms with E-state index in [-0.39, 0.29) is 17.3 Å². The number of aryl methyl sites for hydroxylation is 2. The summed E-state index contributed by atoms with van der Waals surface area (Å²) in [5, 5.41) is 2.85. The van der Waals surface area contributed by atoms with Gasteiger partial charge in [-0.2, -0.15) is 0 Å². The van der Waals surface area contributed by atoms with E-state index in [1.165, 1.54) is 24.1 Å². The zero-order valence-electron chi connectivity index (χ0n) is 23.2. The van der Waals surface area contributed by atoms with Gasteiger partial charge in [0.15, 0.2) is 0 Å². The number of carbonyl (C=O) groups excluding carboxylic acids is 2. The van der Waals surface area contributed by atoms with E-state index in [0.717, 1.165) is 27.4 Å². The molecule has 0 saturated heterocycles. The first kappa shape index (κ1) is 29.7. The molecule has 0 aromatic heterocycles. The lowest BCUT2D eigenvalue weighted by Gasteiger charge is -2.32. The third-order valence-corrected chi connectivity index (χ3v) is 8.19. The Bertz CT molecular complexity index is 1370. The van der Waals surface area contributed by atoms with Crippen molar-refractivity contribution in [3.63, 3.8) is 0 Å². The van der Waals surface area contributed by atoms with Crippen LogP contribution in [0.2, 0.25) is 0 Å². The van der Waals surface area contributed by atoms with Crippen molar-refractivity contribution in [2.24, 2.45) is 0 Å². The summed E-state index contributed by atoms with van der Waals surface area (Å²) in [6.07, 6.45) is 0.754. The highest BCUT2D eigenvalue weighted by atomic mass is 32.2. The number of nitrogens with zero attached hydrogens (tertiary/aromatic N) is 2. The predicted molar refractivity (Wildman–Crippen MR) is 153 cm³/mol. The quantitative estimate of drug-likeness (QED) is 0.359. The summed E-state index contributed by atoms with van der Waals surface area (Å²) in [4.78, 5) is 28.3. The number of hydrogen-bond donors (Lipinski definition) is 1. The highest BCUT2D eigenvalue weighted by molar-refractivity contribution is 7.92. The van der Waals surface area contributed by atoms with E-state index in [1.807, 2.05) is 45.0 Å². The second-order valence-electron chi connectivity index (χ2n) is 9.50. The molecule has 0 fully saturated rings. The molecule has 3 rings (SSSR count). The van der Waals surface area contributed by atoms with E-state index in [4.69, 9.17) is 4.74 Å². The molecule has 0 bridgehead atoms. The number of carbonyl (C=O) groups is 2. The Labute approximate surface area is 231 Å². The lowest BCUT2D eigenvalue weighted by molar-refractivity contribution is -0.139. The Morgan fingerprint density at radius 3 is 2.21 bits per heavy atom. The number of methoxy groups -OCH3 is 1. The summed E-state index contributed by atoms with van der Waals surface area (Å²) in [5.41, 5.74) is 3.08. The Hall–Kier alpha value is -3.85. The highest BCUT2D eigenvalue weighted by Gasteiger charge is 2.32. The molecule has 0 radical (unpaired) electrons. The van der Waals surface area contributed by atoms with Crippen molar-refractivity contribution in [3.05, 3.63) is 89.5 Å². The van der Waals surface area contributed by atoms with Crippen molar-refractivity contribution in [2.75, 3.05) is 24.5 Å². The molecule has 0 aliphatic heterocycles. The van der Waals surface area contributed by atoms with Crippen LogP contribution in [-0.2, 0) is 26.2 Å². The second kappa shape index (κ2) is 13.3. The smallest absolute Gasteiger partial charge is 0.264 e. The fourth-order valence-corrected chi connectivity index (χ4v) is 5.51. The van der Waals surface area contributed by atoms with Gasteiger partial charge in [0.2, 0.25) is 11.8 Å². The van der Waals surface area contributed by atoms with Crippen LogP contribution in [0.5, 0.6) is 5.75 Å². The van der Waals surface area contributed by atoms with Crippen LogP contribution in [0.3, 0.4) is 0 Å². The molecule has 3 aromatic carbocycles. The van der Waals surface area contributed by atoms with Gasteiger partial charge < -0.3 is 15.0 Å². The van der Waals surface area contributed by atoms with Crippen molar-refractivity contribution >= 4 is 27.5 Å². The number of anilines is 1. The van der Waals surface area contributed by atoms with E-state index < -0.39 is 28.5 Å². The molecule has 0 heterocycles. The molecule has 0 spiro atoms. The number of ether oxygens (including phenoxy) is 1. The molecule has 9 heteroatoms. The molecular weight excluding hydrogens is 514 g/mol. The molecule has 1 N–H and O–H groups in total. The van der Waals surface area contributed by atoms with E-state index >= 15 is 0 Å². The van der Waals surface area contributed by atoms with Gasteiger partial charge in [-0.15, -0.1) is 0 Å². The van der Waals surface area contributed by atoms with Gasteiger partial charge in [0.05, 0.1) is 17.7 Å². The summed E-state index contributed by atoms with van der Waals surface area (Å²) in [7, 11) is -2.59. The lowest BCUT2D eigenvalue weighted by Crippen LogP contribution is -2.51. The number of benzene rings is 3. The van der Waals surface area contributed by atoms with Crippen LogP contribution in [-0.4, -0.2) is 51.4 Å². The van der Waals surface area contributed by atoms with Crippen molar-refractivity contribution in [1.29, 1.82) is 0 Å². The number of rotatable bonds is 12. The van der Waals surface area contributed by atoms with Gasteiger partial charge in [-0.05, 0) is 69.2 Å². The van der Waals surface area contributed by atoms with Gasteiger partial charge >= 0.3 is 0 Å². The number of sulfonamides is 1. The fraction of sp³-hybridized carbons (Fsp3) is 0.333. The first-order chi connectivity index (χ1) is 18.6. The first-order valence-corrected chi connectivity index (χ1v) is 14.4. The molecule has 2 amide bonds. The molecule has 0 aliphatic rings. The fourth-order valence-electron chi connectivity index (χ4n) is 4.10. The summed E-state index contributed by atoms with van der Waals surface area (Å²) in [6.45, 7) is 7.58. The van der Waals surface area contributed by atoms with Gasteiger partial charge in [0.1, 0.15) is 18.3 Å². The van der Waals surface area contributed by atoms with Crippen LogP contribution < -0.4 is 14.4 Å². The van der Waals surface area contributed by atoms with Gasteiger partial charge in [0, 0.05) is 13.1 Å². The topological polar surface area (TPSA) is 96.0 Å². The largest absolute Gasteiger partial charge is 0.497 e. The normalized spacial score (nSPS) is 11.9. The van der Waals surface area contributed by atoms with Crippen molar-refractivity contribution in [3.8, 4) is 5.75 Å². The monoisotopic (exact) mass is 551 g/mol. The Balaban J connectivity index is 2.02. The Morgan fingerprint density at radius 1 is 0.949 bits per heavy atom. The minimum atomic E-state index is -4.11. The summed E-state index contributed by atoms with van der Waals surface area (Å²) < 4.78 is 34.0. The van der Waals surface area contributed by atoms with Gasteiger partial charge in [-0.1, -0.05) is 54.4 Å². The van der Waals surface area contributed by atoms with Crippen LogP contribution in [0, 0.1) is 13.8 Å². The van der Waals surface area contributed by atoms with Crippen LogP contribution >= 0.6 is 0 Å². The molecule has 208 valence electrons. The van der Waals surface area contributed by atoms with E-state index in [0.29, 0.717) is 18.0 Å². The van der Waals surface area contributed by atoms with Crippen LogP contribution in [0.1, 0.15) is 37.0 Å². The van der Waals surface area contributed by atoms with E-state index in [9.17, 15) is 18.0 Å². The standard InChI is InChI=1S/C30H37N3O5S/c1-6-18-31-30(35)24(4)32(20-25-9-7-8-23(3)19-25)29(34)21-33(26-12-14-27(38-5)15-13-26)39(36,37)28-16-10-22(2)11-17-28/h7-17,19,24H,6,18,20-21H2,1-5H3,(H,31,35)/t24-/m0/s1. The number of hydrogen-bond acceptors (Lipinski definition) is 5. The number of amides is 2. The van der Waals surface area contributed by atoms with E-state index in [1.54, 1.807) is 43.3 Å². The maximum Gasteiger partial charge on any atom is 0.264 e. The molecule has 39 heavy (non-hydrogen) atoms. The van der Waals surface area contributed by atoms with Crippen molar-refractivity contribution in [1.82, 2.24) is 10.2 Å². The zero-order valence-corrected chi connectivity index (χ0v) is 24.0. The van der Waals surface area contributed by atoms with E-state index in [2.05, 4.69) is 5.32 Å². The lowest BCUT2D eigenvalue weighted by atomic mass is 10.1. The third kappa shape index (κ3) is 7.60. The summed E-state index contributed by atoms with van der Waals surface area (Å²) in [5.74, 6) is -0.238. The average Bonchev–Trinajstić information content (AvgIpc) is 2.93. The maximum absolute atomic E-state index is 13.9. The van der Waals surface area contributed by atoms with Crippen molar-refractivity contribution < 1.29 is 22.7 Å². The third-order valence-electron chi connectivity index (χ3n) is 6.40. The van der Waals surface area contributed by atoms with Gasteiger partial charge in [-0.25, -0.2) is 8.42 Å². The molecule has 3 aromatic rings. The molecule has 0 unspecified atom stereocenters. The second-order valence-corrected chi connectivity index (χ2v) is 11.4. The minimum Gasteiger partial charge on any atom is -0.497 e. The highest BCUT2D eigenvalue weighted by Crippen LogP contribution is 2.27. The van der Waals surface area contributed by atoms with Crippen LogP contribution in [0.15, 0.2) is 77.7 Å². The minimum absolute atomic E-state index is 0.0655. The van der Waals surface area contributed by atoms with Crippen molar-refractivity contribution in [2.45, 2.75) is 51.6 Å². The molecule has 0 saturated carbocycles. The average molecular weight is 552 g/mol. The van der Waals surface area contributed by atoms with Gasteiger partial charge in [-0.3, -0.25) is 13.9 Å². The number of nitrogens with one attached hydrogen (secondary N) is 1. The Kier molecular flexibility index (Phi) is 10.1. The zero-order chi connectivity index (χ0) is 28.6. The van der Waals surface area contributed by atoms with Gasteiger partial charge in [0.25, 0.3) is 10.0 Å². The molecule has 8 nitrogen and oxygen atoms in total. The molecule has 1 atom stereocenters. The Morgan fingerprint density at radius 2 is 1.62 bits per heavy atom. The molecular formula is C30H37N3O5S. The maximum atomic E-state index is 13.9.